The molecule has 0 aliphatic carbocycles. The van der Waals surface area contributed by atoms with E-state index in [9.17, 15) is 24.0 Å². The Balaban J connectivity index is 1.33. The molecule has 1 unspecified atom stereocenters. The Morgan fingerprint density at radius 2 is 1.88 bits per heavy atom. The fraction of sp³-hybridized carbons (Fsp3) is 0.227. The Labute approximate surface area is 186 Å². The van der Waals surface area contributed by atoms with Crippen molar-refractivity contribution in [3.05, 3.63) is 59.2 Å². The lowest BCUT2D eigenvalue weighted by Crippen LogP contribution is -2.54. The molecule has 1 fully saturated rings. The van der Waals surface area contributed by atoms with Crippen molar-refractivity contribution in [3.8, 4) is 0 Å². The molecule has 11 nitrogen and oxygen atoms in total. The molecule has 0 saturated carbocycles. The van der Waals surface area contributed by atoms with Gasteiger partial charge in [0.25, 0.3) is 17.7 Å². The molecule has 0 radical (unpaired) electrons. The van der Waals surface area contributed by atoms with Crippen molar-refractivity contribution in [2.45, 2.75) is 25.4 Å². The summed E-state index contributed by atoms with van der Waals surface area (Å²) < 4.78 is 1.66. The SMILES string of the molecule is O=C1CCC(N2C(=O)c3cccc(C(=O)NCCn4nnc5ccccc54)c3C2=O)C(=O)N1. The predicted molar refractivity (Wildman–Crippen MR) is 113 cm³/mol. The lowest BCUT2D eigenvalue weighted by Gasteiger charge is -2.27. The van der Waals surface area contributed by atoms with Crippen LogP contribution < -0.4 is 10.6 Å². The van der Waals surface area contributed by atoms with Gasteiger partial charge in [0.15, 0.2) is 0 Å². The minimum absolute atomic E-state index is 0.0219. The zero-order chi connectivity index (χ0) is 23.1. The summed E-state index contributed by atoms with van der Waals surface area (Å²) in [6.07, 6.45) is 0.0671. The first-order chi connectivity index (χ1) is 16.0. The quantitative estimate of drug-likeness (QED) is 0.535. The minimum atomic E-state index is -1.09. The fourth-order valence-electron chi connectivity index (χ4n) is 4.16. The van der Waals surface area contributed by atoms with Crippen molar-refractivity contribution in [2.24, 2.45) is 0 Å². The van der Waals surface area contributed by atoms with Crippen molar-refractivity contribution in [1.29, 1.82) is 0 Å². The van der Waals surface area contributed by atoms with E-state index in [1.807, 2.05) is 24.3 Å². The number of carbonyl (C=O) groups excluding carboxylic acids is 5. The first-order valence-corrected chi connectivity index (χ1v) is 10.4. The van der Waals surface area contributed by atoms with Gasteiger partial charge in [0.05, 0.1) is 28.8 Å². The van der Waals surface area contributed by atoms with E-state index >= 15 is 0 Å². The molecule has 166 valence electrons. The highest BCUT2D eigenvalue weighted by atomic mass is 16.2. The summed E-state index contributed by atoms with van der Waals surface area (Å²) in [6, 6.07) is 10.7. The number of aromatic nitrogens is 3. The van der Waals surface area contributed by atoms with Crippen molar-refractivity contribution in [3.63, 3.8) is 0 Å². The Morgan fingerprint density at radius 1 is 1.06 bits per heavy atom. The van der Waals surface area contributed by atoms with Crippen LogP contribution in [0.4, 0.5) is 0 Å². The van der Waals surface area contributed by atoms with E-state index in [4.69, 9.17) is 0 Å². The average molecular weight is 446 g/mol. The Morgan fingerprint density at radius 3 is 2.70 bits per heavy atom. The second-order valence-corrected chi connectivity index (χ2v) is 7.73. The maximum atomic E-state index is 13.1. The minimum Gasteiger partial charge on any atom is -0.350 e. The smallest absolute Gasteiger partial charge is 0.263 e. The number of benzene rings is 2. The van der Waals surface area contributed by atoms with E-state index < -0.39 is 35.6 Å². The number of amides is 5. The number of nitrogens with zero attached hydrogens (tertiary/aromatic N) is 4. The molecule has 1 aromatic heterocycles. The molecule has 2 N–H and O–H groups in total. The Kier molecular flexibility index (Phi) is 4.93. The van der Waals surface area contributed by atoms with Crippen molar-refractivity contribution in [2.75, 3.05) is 6.54 Å². The first kappa shape index (κ1) is 20.5. The zero-order valence-electron chi connectivity index (χ0n) is 17.3. The third kappa shape index (κ3) is 3.43. The number of carbonyl (C=O) groups is 5. The number of hydrogen-bond acceptors (Lipinski definition) is 7. The summed E-state index contributed by atoms with van der Waals surface area (Å²) in [4.78, 5) is 63.4. The van der Waals surface area contributed by atoms with E-state index in [2.05, 4.69) is 20.9 Å². The molecular formula is C22H18N6O5. The third-order valence-corrected chi connectivity index (χ3v) is 5.74. The molecular weight excluding hydrogens is 428 g/mol. The van der Waals surface area contributed by atoms with E-state index in [0.717, 1.165) is 15.9 Å². The zero-order valence-corrected chi connectivity index (χ0v) is 17.3. The van der Waals surface area contributed by atoms with Gasteiger partial charge in [-0.1, -0.05) is 23.4 Å². The number of para-hydroxylation sites is 1. The van der Waals surface area contributed by atoms with Gasteiger partial charge in [-0.25, -0.2) is 4.68 Å². The van der Waals surface area contributed by atoms with Crippen LogP contribution in [0.2, 0.25) is 0 Å². The average Bonchev–Trinajstić information content (AvgIpc) is 3.33. The molecule has 11 heteroatoms. The van der Waals surface area contributed by atoms with E-state index in [-0.39, 0.29) is 36.1 Å². The largest absolute Gasteiger partial charge is 0.350 e. The normalized spacial score (nSPS) is 17.9. The topological polar surface area (TPSA) is 143 Å². The van der Waals surface area contributed by atoms with Crippen LogP contribution in [0.15, 0.2) is 42.5 Å². The molecule has 1 atom stereocenters. The van der Waals surface area contributed by atoms with E-state index in [1.165, 1.54) is 18.2 Å². The summed E-state index contributed by atoms with van der Waals surface area (Å²) in [5.74, 6) is -3.06. The molecule has 3 aromatic rings. The van der Waals surface area contributed by atoms with E-state index in [0.29, 0.717) is 6.54 Å². The van der Waals surface area contributed by atoms with Gasteiger partial charge in [0.2, 0.25) is 11.8 Å². The van der Waals surface area contributed by atoms with E-state index in [1.54, 1.807) is 4.68 Å². The predicted octanol–water partition coefficient (Wildman–Crippen LogP) is 0.262. The maximum Gasteiger partial charge on any atom is 0.263 e. The number of nitrogens with one attached hydrogen (secondary N) is 2. The van der Waals surface area contributed by atoms with Gasteiger partial charge in [-0.3, -0.25) is 34.2 Å². The van der Waals surface area contributed by atoms with Gasteiger partial charge in [-0.15, -0.1) is 5.10 Å². The van der Waals surface area contributed by atoms with Crippen LogP contribution in [-0.4, -0.2) is 62.0 Å². The molecule has 0 bridgehead atoms. The summed E-state index contributed by atoms with van der Waals surface area (Å²) >= 11 is 0. The molecule has 5 amide bonds. The second-order valence-electron chi connectivity index (χ2n) is 7.73. The van der Waals surface area contributed by atoms with Gasteiger partial charge in [-0.2, -0.15) is 0 Å². The summed E-state index contributed by atoms with van der Waals surface area (Å²) in [7, 11) is 0. The molecule has 2 aromatic carbocycles. The number of hydrogen-bond donors (Lipinski definition) is 2. The third-order valence-electron chi connectivity index (χ3n) is 5.74. The van der Waals surface area contributed by atoms with Crippen LogP contribution in [0, 0.1) is 0 Å². The van der Waals surface area contributed by atoms with Crippen LogP contribution >= 0.6 is 0 Å². The molecule has 0 spiro atoms. The fourth-order valence-corrected chi connectivity index (χ4v) is 4.16. The van der Waals surface area contributed by atoms with Crippen molar-refractivity contribution >= 4 is 40.6 Å². The van der Waals surface area contributed by atoms with Crippen molar-refractivity contribution in [1.82, 2.24) is 30.5 Å². The molecule has 2 aliphatic heterocycles. The lowest BCUT2D eigenvalue weighted by molar-refractivity contribution is -0.136. The van der Waals surface area contributed by atoms with Crippen LogP contribution in [-0.2, 0) is 16.1 Å². The number of imide groups is 2. The molecule has 3 heterocycles. The second kappa shape index (κ2) is 7.93. The first-order valence-electron chi connectivity index (χ1n) is 10.4. The summed E-state index contributed by atoms with van der Waals surface area (Å²) in [5.41, 5.74) is 1.62. The standard InChI is InChI=1S/C22H18N6O5/c29-17-9-8-16(20(31)24-17)28-21(32)13-5-3-4-12(18(13)22(28)33)19(30)23-10-11-27-15-7-2-1-6-14(15)25-26-27/h1-7,16H,8-11H2,(H,23,30)(H,24,29,31). The van der Waals surface area contributed by atoms with Gasteiger partial charge in [-0.05, 0) is 30.7 Å². The highest BCUT2D eigenvalue weighted by Crippen LogP contribution is 2.29. The maximum absolute atomic E-state index is 13.1. The van der Waals surface area contributed by atoms with Crippen LogP contribution in [0.1, 0.15) is 43.9 Å². The molecule has 5 rings (SSSR count). The highest BCUT2D eigenvalue weighted by molar-refractivity contribution is 6.26. The highest BCUT2D eigenvalue weighted by Gasteiger charge is 2.46. The molecule has 33 heavy (non-hydrogen) atoms. The summed E-state index contributed by atoms with van der Waals surface area (Å²) in [6.45, 7) is 0.575. The van der Waals surface area contributed by atoms with Crippen molar-refractivity contribution < 1.29 is 24.0 Å². The Bertz CT molecular complexity index is 1350. The molecule has 2 aliphatic rings. The number of piperidine rings is 1. The van der Waals surface area contributed by atoms with Crippen LogP contribution in [0.5, 0.6) is 0 Å². The number of fused-ring (bicyclic) bond motifs is 2. The number of rotatable bonds is 5. The van der Waals surface area contributed by atoms with Gasteiger partial charge in [0.1, 0.15) is 11.6 Å². The van der Waals surface area contributed by atoms with Gasteiger partial charge in [0, 0.05) is 13.0 Å². The Hall–Kier alpha value is -4.41. The van der Waals surface area contributed by atoms with Crippen LogP contribution in [0.3, 0.4) is 0 Å². The van der Waals surface area contributed by atoms with Gasteiger partial charge >= 0.3 is 0 Å². The summed E-state index contributed by atoms with van der Waals surface area (Å²) in [5, 5.41) is 13.0. The monoisotopic (exact) mass is 446 g/mol. The van der Waals surface area contributed by atoms with Gasteiger partial charge < -0.3 is 5.32 Å². The molecule has 1 saturated heterocycles. The van der Waals surface area contributed by atoms with Crippen LogP contribution in [0.25, 0.3) is 11.0 Å². The lowest BCUT2D eigenvalue weighted by atomic mass is 10.0.